The van der Waals surface area contributed by atoms with Crippen LogP contribution in [0.5, 0.6) is 0 Å². The fraction of sp³-hybridized carbons (Fsp3) is 0.0952. The minimum Gasteiger partial charge on any atom is -0.264 e. The molecule has 0 unspecified atom stereocenters. The van der Waals surface area contributed by atoms with E-state index in [1.54, 1.807) is 16.8 Å². The van der Waals surface area contributed by atoms with Crippen LogP contribution in [0.1, 0.15) is 11.1 Å². The van der Waals surface area contributed by atoms with Gasteiger partial charge in [0.2, 0.25) is 0 Å². The van der Waals surface area contributed by atoms with Crippen molar-refractivity contribution in [2.24, 2.45) is 5.16 Å². The number of hydrogen-bond donors (Lipinski definition) is 0. The number of aromatic nitrogens is 3. The average Bonchev–Trinajstić information content (AvgIpc) is 3.15. The van der Waals surface area contributed by atoms with E-state index >= 15 is 0 Å². The summed E-state index contributed by atoms with van der Waals surface area (Å²) in [6.45, 7) is 2.08. The Morgan fingerprint density at radius 2 is 1.66 bits per heavy atom. The molecular weight excluding hydrogens is 388 g/mol. The summed E-state index contributed by atoms with van der Waals surface area (Å²) in [5.41, 5.74) is 3.66. The van der Waals surface area contributed by atoms with Gasteiger partial charge in [0.25, 0.3) is 0 Å². The van der Waals surface area contributed by atoms with Crippen LogP contribution in [0.15, 0.2) is 88.9 Å². The molecule has 4 rings (SSSR count). The maximum atomic E-state index is 12.5. The van der Waals surface area contributed by atoms with E-state index in [9.17, 15) is 8.42 Å². The summed E-state index contributed by atoms with van der Waals surface area (Å²) in [5, 5.41) is 12.3. The molecule has 29 heavy (non-hydrogen) atoms. The van der Waals surface area contributed by atoms with Crippen molar-refractivity contribution in [3.8, 4) is 0 Å². The molecule has 0 aliphatic heterocycles. The Labute approximate surface area is 168 Å². The Kier molecular flexibility index (Phi) is 5.09. The van der Waals surface area contributed by atoms with Crippen molar-refractivity contribution >= 4 is 26.9 Å². The van der Waals surface area contributed by atoms with Crippen LogP contribution in [0.25, 0.3) is 11.0 Å². The zero-order chi connectivity index (χ0) is 20.3. The van der Waals surface area contributed by atoms with Gasteiger partial charge < -0.3 is 0 Å². The van der Waals surface area contributed by atoms with Crippen molar-refractivity contribution < 1.29 is 12.7 Å². The third kappa shape index (κ3) is 4.17. The quantitative estimate of drug-likeness (QED) is 0.361. The number of rotatable bonds is 6. The van der Waals surface area contributed by atoms with Crippen LogP contribution in [0, 0.1) is 6.92 Å². The number of benzene rings is 3. The zero-order valence-corrected chi connectivity index (χ0v) is 16.5. The molecular formula is C21H18N4O3S. The van der Waals surface area contributed by atoms with Gasteiger partial charge in [0, 0.05) is 5.56 Å². The van der Waals surface area contributed by atoms with Crippen molar-refractivity contribution in [2.45, 2.75) is 18.4 Å². The summed E-state index contributed by atoms with van der Waals surface area (Å²) in [7, 11) is -4.03. The SMILES string of the molecule is Cc1ccc(S(=O)(=O)O/N=C(\Cn2nnc3ccccc32)c2ccccc2)cc1. The molecule has 0 amide bonds. The van der Waals surface area contributed by atoms with E-state index in [0.717, 1.165) is 22.2 Å². The molecule has 4 aromatic rings. The molecule has 0 radical (unpaired) electrons. The summed E-state index contributed by atoms with van der Waals surface area (Å²) in [4.78, 5) is 0.0467. The topological polar surface area (TPSA) is 86.4 Å². The fourth-order valence-electron chi connectivity index (χ4n) is 2.82. The minimum absolute atomic E-state index is 0.0467. The molecule has 0 bridgehead atoms. The van der Waals surface area contributed by atoms with Crippen LogP contribution >= 0.6 is 0 Å². The van der Waals surface area contributed by atoms with Crippen LogP contribution < -0.4 is 0 Å². The molecule has 0 saturated carbocycles. The fourth-order valence-corrected chi connectivity index (χ4v) is 3.56. The first-order valence-corrected chi connectivity index (χ1v) is 10.3. The largest absolute Gasteiger partial charge is 0.358 e. The summed E-state index contributed by atoms with van der Waals surface area (Å²) < 4.78 is 31.7. The Hall–Kier alpha value is -3.52. The molecule has 8 heteroatoms. The highest BCUT2D eigenvalue weighted by atomic mass is 32.2. The molecule has 1 aromatic heterocycles. The molecule has 1 heterocycles. The first-order chi connectivity index (χ1) is 14.0. The Bertz CT molecular complexity index is 1260. The number of aryl methyl sites for hydroxylation is 1. The van der Waals surface area contributed by atoms with Crippen LogP contribution in [-0.2, 0) is 20.9 Å². The molecule has 0 N–H and O–H groups in total. The van der Waals surface area contributed by atoms with E-state index in [0.29, 0.717) is 5.71 Å². The van der Waals surface area contributed by atoms with Gasteiger partial charge >= 0.3 is 10.1 Å². The number of fused-ring (bicyclic) bond motifs is 1. The van der Waals surface area contributed by atoms with E-state index in [2.05, 4.69) is 15.5 Å². The second-order valence-corrected chi connectivity index (χ2v) is 8.01. The van der Waals surface area contributed by atoms with Crippen molar-refractivity contribution in [1.29, 1.82) is 0 Å². The highest BCUT2D eigenvalue weighted by Crippen LogP contribution is 2.16. The predicted octanol–water partition coefficient (Wildman–Crippen LogP) is 3.55. The number of oxime groups is 1. The van der Waals surface area contributed by atoms with Gasteiger partial charge in [-0.05, 0) is 31.2 Å². The van der Waals surface area contributed by atoms with Crippen molar-refractivity contribution in [3.05, 3.63) is 90.0 Å². The van der Waals surface area contributed by atoms with E-state index in [1.807, 2.05) is 61.5 Å². The average molecular weight is 406 g/mol. The molecule has 0 saturated heterocycles. The third-order valence-corrected chi connectivity index (χ3v) is 5.50. The minimum atomic E-state index is -4.03. The van der Waals surface area contributed by atoms with Gasteiger partial charge in [-0.25, -0.2) is 4.68 Å². The molecule has 0 atom stereocenters. The van der Waals surface area contributed by atoms with Crippen molar-refractivity contribution in [1.82, 2.24) is 15.0 Å². The molecule has 7 nitrogen and oxygen atoms in total. The lowest BCUT2D eigenvalue weighted by Gasteiger charge is -2.08. The second-order valence-electron chi connectivity index (χ2n) is 6.48. The number of para-hydroxylation sites is 1. The van der Waals surface area contributed by atoms with Gasteiger partial charge in [-0.1, -0.05) is 70.5 Å². The Balaban J connectivity index is 1.68. The molecule has 3 aromatic carbocycles. The van der Waals surface area contributed by atoms with Crippen LogP contribution in [-0.4, -0.2) is 29.1 Å². The first-order valence-electron chi connectivity index (χ1n) is 8.94. The predicted molar refractivity (Wildman–Crippen MR) is 110 cm³/mol. The van der Waals surface area contributed by atoms with Crippen LogP contribution in [0.2, 0.25) is 0 Å². The van der Waals surface area contributed by atoms with Crippen molar-refractivity contribution in [3.63, 3.8) is 0 Å². The van der Waals surface area contributed by atoms with E-state index in [4.69, 9.17) is 4.28 Å². The van der Waals surface area contributed by atoms with E-state index in [1.165, 1.54) is 12.1 Å². The van der Waals surface area contributed by atoms with Crippen LogP contribution in [0.3, 0.4) is 0 Å². The number of hydrogen-bond acceptors (Lipinski definition) is 6. The lowest BCUT2D eigenvalue weighted by molar-refractivity contribution is 0.337. The Morgan fingerprint density at radius 3 is 2.41 bits per heavy atom. The maximum absolute atomic E-state index is 12.5. The van der Waals surface area contributed by atoms with Gasteiger partial charge in [-0.3, -0.25) is 4.28 Å². The number of nitrogens with zero attached hydrogens (tertiary/aromatic N) is 4. The van der Waals surface area contributed by atoms with Gasteiger partial charge in [0.05, 0.1) is 12.1 Å². The maximum Gasteiger partial charge on any atom is 0.358 e. The second kappa shape index (κ2) is 7.84. The van der Waals surface area contributed by atoms with Crippen molar-refractivity contribution in [2.75, 3.05) is 0 Å². The van der Waals surface area contributed by atoms with Crippen LogP contribution in [0.4, 0.5) is 0 Å². The van der Waals surface area contributed by atoms with Gasteiger partial charge in [-0.2, -0.15) is 8.42 Å². The molecule has 0 spiro atoms. The zero-order valence-electron chi connectivity index (χ0n) is 15.6. The van der Waals surface area contributed by atoms with Gasteiger partial charge in [-0.15, -0.1) is 5.10 Å². The normalized spacial score (nSPS) is 12.2. The lowest BCUT2D eigenvalue weighted by atomic mass is 10.1. The lowest BCUT2D eigenvalue weighted by Crippen LogP contribution is -2.15. The summed E-state index contributed by atoms with van der Waals surface area (Å²) in [5.74, 6) is 0. The van der Waals surface area contributed by atoms with Gasteiger partial charge in [0.15, 0.2) is 0 Å². The first kappa shape index (κ1) is 18.8. The molecule has 146 valence electrons. The summed E-state index contributed by atoms with van der Waals surface area (Å²) in [6, 6.07) is 23.1. The monoisotopic (exact) mass is 406 g/mol. The third-order valence-electron chi connectivity index (χ3n) is 4.38. The molecule has 0 fully saturated rings. The standard InChI is InChI=1S/C21H18N4O3S/c1-16-11-13-18(14-12-16)29(26,27)28-23-20(17-7-3-2-4-8-17)15-25-21-10-6-5-9-19(21)22-24-25/h2-14H,15H2,1H3/b23-20+. The molecule has 0 aliphatic rings. The summed E-state index contributed by atoms with van der Waals surface area (Å²) >= 11 is 0. The highest BCUT2D eigenvalue weighted by molar-refractivity contribution is 7.86. The summed E-state index contributed by atoms with van der Waals surface area (Å²) in [6.07, 6.45) is 0. The van der Waals surface area contributed by atoms with E-state index in [-0.39, 0.29) is 11.4 Å². The molecule has 0 aliphatic carbocycles. The highest BCUT2D eigenvalue weighted by Gasteiger charge is 2.17. The van der Waals surface area contributed by atoms with Gasteiger partial charge in [0.1, 0.15) is 16.1 Å². The smallest absolute Gasteiger partial charge is 0.264 e. The Morgan fingerprint density at radius 1 is 0.966 bits per heavy atom. The van der Waals surface area contributed by atoms with E-state index < -0.39 is 10.1 Å².